The number of carbonyl (C=O) groups excluding carboxylic acids is 1. The van der Waals surface area contributed by atoms with Gasteiger partial charge in [0.25, 0.3) is 0 Å². The number of hydrogen-bond donors (Lipinski definition) is 1. The van der Waals surface area contributed by atoms with Crippen molar-refractivity contribution in [3.8, 4) is 0 Å². The second kappa shape index (κ2) is 4.49. The molecule has 0 spiro atoms. The van der Waals surface area contributed by atoms with Crippen LogP contribution in [0.25, 0.3) is 0 Å². The topological polar surface area (TPSA) is 35.6 Å². The number of aryl methyl sites for hydroxylation is 1. The van der Waals surface area contributed by atoms with Gasteiger partial charge in [-0.15, -0.1) is 0 Å². The highest BCUT2D eigenvalue weighted by Gasteiger charge is 2.40. The van der Waals surface area contributed by atoms with Gasteiger partial charge in [-0.2, -0.15) is 0 Å². The van der Waals surface area contributed by atoms with E-state index >= 15 is 0 Å². The van der Waals surface area contributed by atoms with Crippen LogP contribution in [0.4, 0.5) is 9.18 Å². The van der Waals surface area contributed by atoms with E-state index in [1.807, 2.05) is 18.0 Å². The number of nitrogens with zero attached hydrogens (tertiary/aromatic N) is 2. The van der Waals surface area contributed by atoms with Crippen LogP contribution in [-0.2, 0) is 0 Å². The molecule has 1 N–H and O–H groups in total. The van der Waals surface area contributed by atoms with Crippen molar-refractivity contribution in [3.63, 3.8) is 0 Å². The second-order valence-electron chi connectivity index (χ2n) is 5.38. The van der Waals surface area contributed by atoms with E-state index in [4.69, 9.17) is 0 Å². The van der Waals surface area contributed by atoms with Crippen LogP contribution < -0.4 is 5.32 Å². The average Bonchev–Trinajstić information content (AvgIpc) is 2.60. The van der Waals surface area contributed by atoms with Gasteiger partial charge in [-0.3, -0.25) is 0 Å². The third-order valence-electron chi connectivity index (χ3n) is 4.15. The number of rotatable bonds is 2. The molecule has 0 bridgehead atoms. The summed E-state index contributed by atoms with van der Waals surface area (Å²) in [4.78, 5) is 15.9. The highest BCUT2D eigenvalue weighted by molar-refractivity contribution is 5.77. The molecular formula is C14H18FN3O. The summed E-state index contributed by atoms with van der Waals surface area (Å²) in [6, 6.07) is 5.50. The highest BCUT2D eigenvalue weighted by atomic mass is 19.1. The molecule has 19 heavy (non-hydrogen) atoms. The molecule has 1 aromatic carbocycles. The predicted octanol–water partition coefficient (Wildman–Crippen LogP) is 1.51. The molecule has 0 saturated carbocycles. The smallest absolute Gasteiger partial charge is 0.319 e. The van der Waals surface area contributed by atoms with Crippen molar-refractivity contribution in [2.24, 2.45) is 0 Å². The van der Waals surface area contributed by atoms with Gasteiger partial charge in [0.2, 0.25) is 0 Å². The number of hydrogen-bond acceptors (Lipinski definition) is 2. The van der Waals surface area contributed by atoms with Crippen LogP contribution in [0.15, 0.2) is 18.2 Å². The molecule has 1 unspecified atom stereocenters. The van der Waals surface area contributed by atoms with E-state index in [9.17, 15) is 9.18 Å². The molecule has 2 amide bonds. The van der Waals surface area contributed by atoms with Crippen molar-refractivity contribution in [3.05, 3.63) is 35.1 Å². The first-order valence-electron chi connectivity index (χ1n) is 6.58. The van der Waals surface area contributed by atoms with Gasteiger partial charge in [0.15, 0.2) is 0 Å². The van der Waals surface area contributed by atoms with Gasteiger partial charge in [-0.05, 0) is 24.1 Å². The molecule has 2 aliphatic rings. The first kappa shape index (κ1) is 12.4. The standard InChI is InChI=1S/C14H18FN3O/c1-9-5-10(3-4-12(9)15)13-8-18(11-6-16-7-11)14(19)17(13)2/h3-5,11,13,16H,6-8H2,1-2H3. The molecule has 0 radical (unpaired) electrons. The predicted molar refractivity (Wildman–Crippen MR) is 70.4 cm³/mol. The second-order valence-corrected chi connectivity index (χ2v) is 5.38. The molecule has 0 aromatic heterocycles. The van der Waals surface area contributed by atoms with E-state index in [0.717, 1.165) is 18.7 Å². The number of likely N-dealkylation sites (N-methyl/N-ethyl adjacent to an activating group) is 1. The monoisotopic (exact) mass is 263 g/mol. The van der Waals surface area contributed by atoms with E-state index in [2.05, 4.69) is 5.32 Å². The van der Waals surface area contributed by atoms with Crippen molar-refractivity contribution in [2.45, 2.75) is 19.0 Å². The lowest BCUT2D eigenvalue weighted by Gasteiger charge is -2.34. The summed E-state index contributed by atoms with van der Waals surface area (Å²) in [6.07, 6.45) is 0. The van der Waals surface area contributed by atoms with Crippen molar-refractivity contribution in [1.29, 1.82) is 0 Å². The summed E-state index contributed by atoms with van der Waals surface area (Å²) in [5, 5.41) is 3.18. The number of nitrogens with one attached hydrogen (secondary N) is 1. The molecule has 0 aliphatic carbocycles. The molecule has 2 saturated heterocycles. The Balaban J connectivity index is 1.84. The van der Waals surface area contributed by atoms with Gasteiger partial charge in [0.1, 0.15) is 5.82 Å². The lowest BCUT2D eigenvalue weighted by atomic mass is 10.0. The minimum absolute atomic E-state index is 0.0207. The highest BCUT2D eigenvalue weighted by Crippen LogP contribution is 2.30. The zero-order valence-corrected chi connectivity index (χ0v) is 11.2. The first-order chi connectivity index (χ1) is 9.08. The van der Waals surface area contributed by atoms with Crippen LogP contribution in [0.1, 0.15) is 17.2 Å². The van der Waals surface area contributed by atoms with Gasteiger partial charge in [0.05, 0.1) is 12.1 Å². The third-order valence-corrected chi connectivity index (χ3v) is 4.15. The Morgan fingerprint density at radius 2 is 2.11 bits per heavy atom. The Hall–Kier alpha value is -1.62. The number of benzene rings is 1. The van der Waals surface area contributed by atoms with Crippen molar-refractivity contribution >= 4 is 6.03 Å². The fraction of sp³-hybridized carbons (Fsp3) is 0.500. The zero-order chi connectivity index (χ0) is 13.6. The molecule has 1 aromatic rings. The number of carbonyl (C=O) groups is 1. The molecule has 5 heteroatoms. The summed E-state index contributed by atoms with van der Waals surface area (Å²) in [5.41, 5.74) is 1.63. The fourth-order valence-corrected chi connectivity index (χ4v) is 2.73. The lowest BCUT2D eigenvalue weighted by Crippen LogP contribution is -2.57. The van der Waals surface area contributed by atoms with Crippen molar-refractivity contribution < 1.29 is 9.18 Å². The van der Waals surface area contributed by atoms with E-state index in [0.29, 0.717) is 18.2 Å². The van der Waals surface area contributed by atoms with Crippen LogP contribution >= 0.6 is 0 Å². The normalized spacial score (nSPS) is 23.9. The van der Waals surface area contributed by atoms with Gasteiger partial charge >= 0.3 is 6.03 Å². The quantitative estimate of drug-likeness (QED) is 0.878. The van der Waals surface area contributed by atoms with Gasteiger partial charge < -0.3 is 15.1 Å². The van der Waals surface area contributed by atoms with Crippen LogP contribution in [0, 0.1) is 12.7 Å². The van der Waals surface area contributed by atoms with E-state index in [1.54, 1.807) is 17.9 Å². The minimum Gasteiger partial charge on any atom is -0.319 e. The Morgan fingerprint density at radius 1 is 1.37 bits per heavy atom. The Bertz CT molecular complexity index is 515. The van der Waals surface area contributed by atoms with Gasteiger partial charge in [0, 0.05) is 26.7 Å². The van der Waals surface area contributed by atoms with Crippen molar-refractivity contribution in [1.82, 2.24) is 15.1 Å². The fourth-order valence-electron chi connectivity index (χ4n) is 2.73. The molecule has 2 fully saturated rings. The minimum atomic E-state index is -0.198. The van der Waals surface area contributed by atoms with Gasteiger partial charge in [-0.1, -0.05) is 12.1 Å². The largest absolute Gasteiger partial charge is 0.320 e. The summed E-state index contributed by atoms with van der Waals surface area (Å²) < 4.78 is 13.3. The number of halogens is 1. The Kier molecular flexibility index (Phi) is 2.93. The SMILES string of the molecule is Cc1cc(C2CN(C3CNC3)C(=O)N2C)ccc1F. The van der Waals surface area contributed by atoms with Crippen LogP contribution in [-0.4, -0.2) is 48.6 Å². The van der Waals surface area contributed by atoms with Crippen LogP contribution in [0.5, 0.6) is 0 Å². The summed E-state index contributed by atoms with van der Waals surface area (Å²) >= 11 is 0. The van der Waals surface area contributed by atoms with Crippen LogP contribution in [0.3, 0.4) is 0 Å². The molecule has 2 aliphatic heterocycles. The zero-order valence-electron chi connectivity index (χ0n) is 11.2. The van der Waals surface area contributed by atoms with E-state index in [1.165, 1.54) is 6.07 Å². The van der Waals surface area contributed by atoms with Gasteiger partial charge in [-0.25, -0.2) is 9.18 Å². The molecule has 2 heterocycles. The van der Waals surface area contributed by atoms with Crippen molar-refractivity contribution in [2.75, 3.05) is 26.7 Å². The van der Waals surface area contributed by atoms with Crippen LogP contribution in [0.2, 0.25) is 0 Å². The van der Waals surface area contributed by atoms with E-state index in [-0.39, 0.29) is 17.9 Å². The molecular weight excluding hydrogens is 245 g/mol. The molecule has 102 valence electrons. The summed E-state index contributed by atoms with van der Waals surface area (Å²) in [6.45, 7) is 4.18. The van der Waals surface area contributed by atoms with E-state index < -0.39 is 0 Å². The number of urea groups is 1. The Labute approximate surface area is 112 Å². The molecule has 4 nitrogen and oxygen atoms in total. The maximum atomic E-state index is 13.3. The molecule has 3 rings (SSSR count). The maximum Gasteiger partial charge on any atom is 0.320 e. The summed E-state index contributed by atoms with van der Waals surface area (Å²) in [7, 11) is 1.82. The third kappa shape index (κ3) is 1.98. The molecule has 1 atom stereocenters. The number of amides is 2. The lowest BCUT2D eigenvalue weighted by molar-refractivity contribution is 0.162. The average molecular weight is 263 g/mol. The Morgan fingerprint density at radius 3 is 2.68 bits per heavy atom. The summed E-state index contributed by atoms with van der Waals surface area (Å²) in [5.74, 6) is -0.198. The maximum absolute atomic E-state index is 13.3. The first-order valence-corrected chi connectivity index (χ1v) is 6.58.